The minimum atomic E-state index is -0.0300. The molecule has 1 amide bonds. The number of nitrogens with zero attached hydrogens (tertiary/aromatic N) is 3. The molecule has 6 nitrogen and oxygen atoms in total. The topological polar surface area (TPSA) is 60.5 Å². The number of hydrogen-bond acceptors (Lipinski definition) is 4. The summed E-state index contributed by atoms with van der Waals surface area (Å²) in [6.45, 7) is 2.49. The summed E-state index contributed by atoms with van der Waals surface area (Å²) in [7, 11) is 1.86. The number of aryl methyl sites for hydroxylation is 1. The molecule has 0 spiro atoms. The van der Waals surface area contributed by atoms with E-state index >= 15 is 0 Å². The number of benzene rings is 1. The van der Waals surface area contributed by atoms with Gasteiger partial charge in [0.1, 0.15) is 11.3 Å². The Morgan fingerprint density at radius 3 is 3.12 bits per heavy atom. The van der Waals surface area contributed by atoms with Gasteiger partial charge in [0.05, 0.1) is 25.8 Å². The molecule has 1 atom stereocenters. The van der Waals surface area contributed by atoms with E-state index in [-0.39, 0.29) is 11.8 Å². The van der Waals surface area contributed by atoms with Crippen molar-refractivity contribution in [3.8, 4) is 0 Å². The molecule has 0 bridgehead atoms. The molecule has 6 heteroatoms. The van der Waals surface area contributed by atoms with E-state index in [0.29, 0.717) is 32.0 Å². The molecule has 3 heterocycles. The molecule has 0 aliphatic carbocycles. The van der Waals surface area contributed by atoms with E-state index in [1.54, 1.807) is 23.4 Å². The highest BCUT2D eigenvalue weighted by Crippen LogP contribution is 2.21. The summed E-state index contributed by atoms with van der Waals surface area (Å²) >= 11 is 0. The largest absolute Gasteiger partial charge is 0.464 e. The van der Waals surface area contributed by atoms with Crippen molar-refractivity contribution in [2.75, 3.05) is 26.3 Å². The van der Waals surface area contributed by atoms with E-state index in [0.717, 1.165) is 17.4 Å². The third-order valence-electron chi connectivity index (χ3n) is 4.59. The fourth-order valence-electron chi connectivity index (χ4n) is 3.33. The summed E-state index contributed by atoms with van der Waals surface area (Å²) in [4.78, 5) is 18.7. The zero-order valence-corrected chi connectivity index (χ0v) is 14.2. The third kappa shape index (κ3) is 3.44. The van der Waals surface area contributed by atoms with Gasteiger partial charge in [-0.25, -0.2) is 4.98 Å². The van der Waals surface area contributed by atoms with Crippen LogP contribution >= 0.6 is 0 Å². The lowest BCUT2D eigenvalue weighted by atomic mass is 9.99. The minimum absolute atomic E-state index is 0.0300. The van der Waals surface area contributed by atoms with Gasteiger partial charge in [0.25, 0.3) is 5.91 Å². The number of imidazole rings is 1. The monoisotopic (exact) mass is 339 g/mol. The Balaban J connectivity index is 1.48. The maximum atomic E-state index is 12.7. The van der Waals surface area contributed by atoms with Crippen LogP contribution < -0.4 is 0 Å². The van der Waals surface area contributed by atoms with Crippen LogP contribution in [-0.2, 0) is 18.2 Å². The van der Waals surface area contributed by atoms with Crippen molar-refractivity contribution >= 4 is 16.9 Å². The maximum absolute atomic E-state index is 12.7. The van der Waals surface area contributed by atoms with Crippen molar-refractivity contribution in [3.05, 3.63) is 54.3 Å². The second-order valence-electron chi connectivity index (χ2n) is 6.61. The SMILES string of the molecule is Cn1cnc(C(=O)N2CCOC[C@@H](Cc3ccc4ccoc4c3)C2)c1. The molecule has 1 aliphatic heterocycles. The third-order valence-corrected chi connectivity index (χ3v) is 4.59. The number of fused-ring (bicyclic) bond motifs is 1. The van der Waals surface area contributed by atoms with Crippen LogP contribution in [0.5, 0.6) is 0 Å². The number of furan rings is 1. The Morgan fingerprint density at radius 1 is 1.36 bits per heavy atom. The average Bonchev–Trinajstić information content (AvgIpc) is 3.18. The van der Waals surface area contributed by atoms with Crippen LogP contribution in [0.2, 0.25) is 0 Å². The lowest BCUT2D eigenvalue weighted by molar-refractivity contribution is 0.0732. The van der Waals surface area contributed by atoms with Crippen LogP contribution in [0.4, 0.5) is 0 Å². The van der Waals surface area contributed by atoms with Crippen LogP contribution in [0.3, 0.4) is 0 Å². The highest BCUT2D eigenvalue weighted by atomic mass is 16.5. The van der Waals surface area contributed by atoms with Crippen molar-refractivity contribution < 1.29 is 13.9 Å². The van der Waals surface area contributed by atoms with Crippen LogP contribution in [0, 0.1) is 5.92 Å². The molecule has 25 heavy (non-hydrogen) atoms. The van der Waals surface area contributed by atoms with Gasteiger partial charge in [-0.1, -0.05) is 12.1 Å². The van der Waals surface area contributed by atoms with E-state index in [1.165, 1.54) is 5.56 Å². The normalized spacial score (nSPS) is 18.4. The van der Waals surface area contributed by atoms with Gasteiger partial charge in [-0.2, -0.15) is 0 Å². The first-order chi connectivity index (χ1) is 12.2. The molecule has 2 aromatic heterocycles. The number of rotatable bonds is 3. The summed E-state index contributed by atoms with van der Waals surface area (Å²) in [6.07, 6.45) is 5.96. The maximum Gasteiger partial charge on any atom is 0.274 e. The first kappa shape index (κ1) is 15.9. The molecule has 0 unspecified atom stereocenters. The minimum Gasteiger partial charge on any atom is -0.464 e. The van der Waals surface area contributed by atoms with Crippen molar-refractivity contribution in [1.29, 1.82) is 0 Å². The lowest BCUT2D eigenvalue weighted by Crippen LogP contribution is -2.36. The summed E-state index contributed by atoms with van der Waals surface area (Å²) < 4.78 is 13.0. The van der Waals surface area contributed by atoms with Crippen molar-refractivity contribution in [2.24, 2.45) is 13.0 Å². The Kier molecular flexibility index (Phi) is 4.28. The van der Waals surface area contributed by atoms with Gasteiger partial charge >= 0.3 is 0 Å². The molecule has 1 aliphatic rings. The summed E-state index contributed by atoms with van der Waals surface area (Å²) in [5, 5.41) is 1.10. The van der Waals surface area contributed by atoms with Crippen LogP contribution in [-0.4, -0.2) is 46.7 Å². The first-order valence-corrected chi connectivity index (χ1v) is 8.50. The molecule has 0 radical (unpaired) electrons. The average molecular weight is 339 g/mol. The first-order valence-electron chi connectivity index (χ1n) is 8.50. The van der Waals surface area contributed by atoms with Gasteiger partial charge in [-0.15, -0.1) is 0 Å². The van der Waals surface area contributed by atoms with Gasteiger partial charge in [0.15, 0.2) is 0 Å². The van der Waals surface area contributed by atoms with Crippen molar-refractivity contribution in [1.82, 2.24) is 14.5 Å². The highest BCUT2D eigenvalue weighted by molar-refractivity contribution is 5.92. The van der Waals surface area contributed by atoms with Gasteiger partial charge in [-0.3, -0.25) is 4.79 Å². The van der Waals surface area contributed by atoms with Crippen LogP contribution in [0.15, 0.2) is 47.5 Å². The molecule has 0 saturated carbocycles. The standard InChI is InChI=1S/C19H21N3O3/c1-21-11-17(20-13-21)19(23)22-5-7-24-12-15(10-22)8-14-2-3-16-4-6-25-18(16)9-14/h2-4,6,9,11,13,15H,5,7-8,10,12H2,1H3/t15-/m0/s1. The number of carbonyl (C=O) groups is 1. The molecule has 130 valence electrons. The predicted octanol–water partition coefficient (Wildman–Crippen LogP) is 2.50. The second-order valence-corrected chi connectivity index (χ2v) is 6.61. The van der Waals surface area contributed by atoms with E-state index in [9.17, 15) is 4.79 Å². The van der Waals surface area contributed by atoms with Gasteiger partial charge in [-0.05, 0) is 24.1 Å². The number of carbonyl (C=O) groups excluding carboxylic acids is 1. The number of hydrogen-bond donors (Lipinski definition) is 0. The Hall–Kier alpha value is -2.60. The quantitative estimate of drug-likeness (QED) is 0.736. The number of amides is 1. The predicted molar refractivity (Wildman–Crippen MR) is 93.3 cm³/mol. The van der Waals surface area contributed by atoms with E-state index in [4.69, 9.17) is 9.15 Å². The molecule has 3 aromatic rings. The van der Waals surface area contributed by atoms with Crippen molar-refractivity contribution in [3.63, 3.8) is 0 Å². The summed E-state index contributed by atoms with van der Waals surface area (Å²) in [5.41, 5.74) is 2.58. The van der Waals surface area contributed by atoms with E-state index in [2.05, 4.69) is 23.2 Å². The van der Waals surface area contributed by atoms with Gasteiger partial charge in [0, 0.05) is 37.6 Å². The fourth-order valence-corrected chi connectivity index (χ4v) is 3.33. The molecular formula is C19H21N3O3. The Morgan fingerprint density at radius 2 is 2.28 bits per heavy atom. The zero-order valence-electron chi connectivity index (χ0n) is 14.2. The van der Waals surface area contributed by atoms with Gasteiger partial charge < -0.3 is 18.6 Å². The molecule has 4 rings (SSSR count). The van der Waals surface area contributed by atoms with Crippen LogP contribution in [0.1, 0.15) is 16.1 Å². The fraction of sp³-hybridized carbons (Fsp3) is 0.368. The van der Waals surface area contributed by atoms with Crippen molar-refractivity contribution in [2.45, 2.75) is 6.42 Å². The van der Waals surface area contributed by atoms with Gasteiger partial charge in [0.2, 0.25) is 0 Å². The van der Waals surface area contributed by atoms with E-state index < -0.39 is 0 Å². The summed E-state index contributed by atoms with van der Waals surface area (Å²) in [5.74, 6) is 0.222. The molecule has 0 N–H and O–H groups in total. The zero-order chi connectivity index (χ0) is 17.2. The Bertz CT molecular complexity index is 883. The highest BCUT2D eigenvalue weighted by Gasteiger charge is 2.25. The molecule has 1 saturated heterocycles. The van der Waals surface area contributed by atoms with Crippen LogP contribution in [0.25, 0.3) is 11.0 Å². The summed E-state index contributed by atoms with van der Waals surface area (Å²) in [6, 6.07) is 8.22. The molecule has 1 fully saturated rings. The number of aromatic nitrogens is 2. The second kappa shape index (κ2) is 6.72. The Labute approximate surface area is 146 Å². The lowest BCUT2D eigenvalue weighted by Gasteiger charge is -2.23. The molecular weight excluding hydrogens is 318 g/mol. The number of ether oxygens (including phenoxy) is 1. The molecule has 1 aromatic carbocycles. The smallest absolute Gasteiger partial charge is 0.274 e. The van der Waals surface area contributed by atoms with E-state index in [1.807, 2.05) is 18.0 Å².